The number of rotatable bonds is 2. The highest BCUT2D eigenvalue weighted by molar-refractivity contribution is 5.82. The maximum Gasteiger partial charge on any atom is 0.0142 e. The summed E-state index contributed by atoms with van der Waals surface area (Å²) in [5, 5.41) is 0. The molecule has 0 aliphatic heterocycles. The molecule has 0 heterocycles. The number of hydrogen-bond acceptors (Lipinski definition) is 0. The Kier molecular flexibility index (Phi) is 2.85. The van der Waals surface area contributed by atoms with Gasteiger partial charge >= 0.3 is 0 Å². The normalized spacial score (nSPS) is 18.6. The third kappa shape index (κ3) is 1.90. The highest BCUT2D eigenvalue weighted by Crippen LogP contribution is 2.50. The molecule has 1 atom stereocenters. The quantitative estimate of drug-likeness (QED) is 0.658. The SMILES string of the molecule is Cc1ccc(C)c2c1-c1ccccc1C2CC1=CC=CC1. The molecule has 4 rings (SSSR count). The van der Waals surface area contributed by atoms with E-state index >= 15 is 0 Å². The molecule has 0 N–H and O–H groups in total. The molecular weight excluding hydrogens is 252 g/mol. The third-order valence-corrected chi connectivity index (χ3v) is 4.94. The summed E-state index contributed by atoms with van der Waals surface area (Å²) in [7, 11) is 0. The van der Waals surface area contributed by atoms with Crippen LogP contribution in [-0.2, 0) is 0 Å². The van der Waals surface area contributed by atoms with Gasteiger partial charge in [-0.1, -0.05) is 60.2 Å². The fraction of sp³-hybridized carbons (Fsp3) is 0.238. The van der Waals surface area contributed by atoms with Gasteiger partial charge in [0.1, 0.15) is 0 Å². The van der Waals surface area contributed by atoms with Crippen molar-refractivity contribution in [3.63, 3.8) is 0 Å². The fourth-order valence-corrected chi connectivity index (χ4v) is 3.94. The van der Waals surface area contributed by atoms with Crippen LogP contribution in [0.5, 0.6) is 0 Å². The van der Waals surface area contributed by atoms with Crippen molar-refractivity contribution in [1.29, 1.82) is 0 Å². The van der Waals surface area contributed by atoms with Gasteiger partial charge in [0.2, 0.25) is 0 Å². The molecule has 0 spiro atoms. The predicted octanol–water partition coefficient (Wildman–Crippen LogP) is 5.69. The maximum absolute atomic E-state index is 2.32. The standard InChI is InChI=1S/C21H20/c1-14-11-12-15(2)21-19(13-16-7-3-4-8-16)17-9-5-6-10-18(17)20(14)21/h3-7,9-12,19H,8,13H2,1-2H3. The monoisotopic (exact) mass is 272 g/mol. The van der Waals surface area contributed by atoms with Gasteiger partial charge < -0.3 is 0 Å². The highest BCUT2D eigenvalue weighted by atomic mass is 14.3. The number of hydrogen-bond donors (Lipinski definition) is 0. The molecule has 2 aliphatic carbocycles. The average Bonchev–Trinajstić information content (AvgIpc) is 3.11. The van der Waals surface area contributed by atoms with Crippen molar-refractivity contribution in [2.45, 2.75) is 32.6 Å². The summed E-state index contributed by atoms with van der Waals surface area (Å²) in [5.41, 5.74) is 10.4. The van der Waals surface area contributed by atoms with Gasteiger partial charge in [-0.2, -0.15) is 0 Å². The van der Waals surface area contributed by atoms with E-state index in [0.717, 1.165) is 12.8 Å². The molecule has 0 fully saturated rings. The summed E-state index contributed by atoms with van der Waals surface area (Å²) >= 11 is 0. The van der Waals surface area contributed by atoms with Crippen LogP contribution in [0.1, 0.15) is 41.0 Å². The van der Waals surface area contributed by atoms with Crippen molar-refractivity contribution in [2.75, 3.05) is 0 Å². The Morgan fingerprint density at radius 1 is 1.00 bits per heavy atom. The van der Waals surface area contributed by atoms with Crippen LogP contribution in [0.4, 0.5) is 0 Å². The Balaban J connectivity index is 1.90. The molecule has 1 unspecified atom stereocenters. The second kappa shape index (κ2) is 4.73. The van der Waals surface area contributed by atoms with Gasteiger partial charge in [0.05, 0.1) is 0 Å². The van der Waals surface area contributed by atoms with E-state index in [1.54, 1.807) is 11.1 Å². The second-order valence-corrected chi connectivity index (χ2v) is 6.29. The van der Waals surface area contributed by atoms with Crippen molar-refractivity contribution in [1.82, 2.24) is 0 Å². The number of allylic oxidation sites excluding steroid dienone is 4. The van der Waals surface area contributed by atoms with Gasteiger partial charge in [0.25, 0.3) is 0 Å². The van der Waals surface area contributed by atoms with Crippen LogP contribution >= 0.6 is 0 Å². The summed E-state index contributed by atoms with van der Waals surface area (Å²) in [6, 6.07) is 13.5. The first kappa shape index (κ1) is 12.6. The van der Waals surface area contributed by atoms with E-state index in [0.29, 0.717) is 5.92 Å². The van der Waals surface area contributed by atoms with E-state index in [1.165, 1.54) is 27.8 Å². The zero-order chi connectivity index (χ0) is 14.4. The lowest BCUT2D eigenvalue weighted by atomic mass is 9.87. The minimum atomic E-state index is 0.530. The van der Waals surface area contributed by atoms with Crippen molar-refractivity contribution >= 4 is 0 Å². The van der Waals surface area contributed by atoms with Crippen molar-refractivity contribution < 1.29 is 0 Å². The van der Waals surface area contributed by atoms with Crippen LogP contribution in [0.15, 0.2) is 60.2 Å². The van der Waals surface area contributed by atoms with Gasteiger partial charge in [-0.15, -0.1) is 0 Å². The summed E-state index contributed by atoms with van der Waals surface area (Å²) in [6.07, 6.45) is 9.03. The van der Waals surface area contributed by atoms with Crippen molar-refractivity contribution in [2.24, 2.45) is 0 Å². The first-order valence-electron chi connectivity index (χ1n) is 7.79. The number of aryl methyl sites for hydroxylation is 2. The Morgan fingerprint density at radius 2 is 1.81 bits per heavy atom. The Morgan fingerprint density at radius 3 is 2.62 bits per heavy atom. The van der Waals surface area contributed by atoms with E-state index in [-0.39, 0.29) is 0 Å². The first-order valence-corrected chi connectivity index (χ1v) is 7.79. The second-order valence-electron chi connectivity index (χ2n) is 6.29. The molecular formula is C21H20. The van der Waals surface area contributed by atoms with Crippen LogP contribution < -0.4 is 0 Å². The first-order chi connectivity index (χ1) is 10.3. The van der Waals surface area contributed by atoms with Gasteiger partial charge in [-0.3, -0.25) is 0 Å². The topological polar surface area (TPSA) is 0 Å². The molecule has 0 nitrogen and oxygen atoms in total. The minimum Gasteiger partial charge on any atom is -0.0805 e. The molecule has 0 saturated heterocycles. The molecule has 2 aliphatic rings. The minimum absolute atomic E-state index is 0.530. The van der Waals surface area contributed by atoms with E-state index in [4.69, 9.17) is 0 Å². The third-order valence-electron chi connectivity index (χ3n) is 4.94. The number of fused-ring (bicyclic) bond motifs is 3. The van der Waals surface area contributed by atoms with Crippen LogP contribution in [-0.4, -0.2) is 0 Å². The lowest BCUT2D eigenvalue weighted by Gasteiger charge is -2.17. The molecule has 0 bridgehead atoms. The molecule has 2 aromatic rings. The summed E-state index contributed by atoms with van der Waals surface area (Å²) in [5.74, 6) is 0.530. The van der Waals surface area contributed by atoms with Crippen molar-refractivity contribution in [3.8, 4) is 11.1 Å². The lowest BCUT2D eigenvalue weighted by Crippen LogP contribution is -2.00. The average molecular weight is 272 g/mol. The van der Waals surface area contributed by atoms with E-state index in [9.17, 15) is 0 Å². The highest BCUT2D eigenvalue weighted by Gasteiger charge is 2.31. The molecule has 0 radical (unpaired) electrons. The number of benzene rings is 2. The van der Waals surface area contributed by atoms with E-state index in [2.05, 4.69) is 68.5 Å². The predicted molar refractivity (Wildman–Crippen MR) is 89.7 cm³/mol. The molecule has 0 amide bonds. The molecule has 0 heteroatoms. The smallest absolute Gasteiger partial charge is 0.0142 e. The Bertz CT molecular complexity index is 775. The maximum atomic E-state index is 2.32. The Hall–Kier alpha value is -2.08. The molecule has 104 valence electrons. The zero-order valence-corrected chi connectivity index (χ0v) is 12.7. The van der Waals surface area contributed by atoms with Crippen LogP contribution in [0.3, 0.4) is 0 Å². The summed E-state index contributed by atoms with van der Waals surface area (Å²) < 4.78 is 0. The van der Waals surface area contributed by atoms with Gasteiger partial charge in [0, 0.05) is 5.92 Å². The van der Waals surface area contributed by atoms with Gasteiger partial charge in [-0.25, -0.2) is 0 Å². The molecule has 2 aromatic carbocycles. The molecule has 21 heavy (non-hydrogen) atoms. The summed E-state index contributed by atoms with van der Waals surface area (Å²) in [6.45, 7) is 4.51. The van der Waals surface area contributed by atoms with Crippen LogP contribution in [0.2, 0.25) is 0 Å². The lowest BCUT2D eigenvalue weighted by molar-refractivity contribution is 0.799. The van der Waals surface area contributed by atoms with Gasteiger partial charge in [-0.05, 0) is 60.1 Å². The van der Waals surface area contributed by atoms with E-state index < -0.39 is 0 Å². The molecule has 0 saturated carbocycles. The van der Waals surface area contributed by atoms with Gasteiger partial charge in [0.15, 0.2) is 0 Å². The molecule has 0 aromatic heterocycles. The zero-order valence-electron chi connectivity index (χ0n) is 12.7. The fourth-order valence-electron chi connectivity index (χ4n) is 3.94. The van der Waals surface area contributed by atoms with Crippen molar-refractivity contribution in [3.05, 3.63) is 82.5 Å². The Labute approximate surface area is 126 Å². The van der Waals surface area contributed by atoms with Crippen LogP contribution in [0.25, 0.3) is 11.1 Å². The summed E-state index contributed by atoms with van der Waals surface area (Å²) in [4.78, 5) is 0. The van der Waals surface area contributed by atoms with Crippen LogP contribution in [0, 0.1) is 13.8 Å². The van der Waals surface area contributed by atoms with E-state index in [1.807, 2.05) is 0 Å². The largest absolute Gasteiger partial charge is 0.0805 e.